The average molecular weight is 268 g/mol. The van der Waals surface area contributed by atoms with Crippen molar-refractivity contribution in [1.29, 1.82) is 0 Å². The topological polar surface area (TPSA) is 58.9 Å². The van der Waals surface area contributed by atoms with Crippen molar-refractivity contribution in [2.24, 2.45) is 10.4 Å². The van der Waals surface area contributed by atoms with Gasteiger partial charge in [-0.05, 0) is 95.7 Å². The van der Waals surface area contributed by atoms with Gasteiger partial charge in [-0.2, -0.15) is 0 Å². The smallest absolute Gasteiger partial charge is 0.113 e. The number of hydrogen-bond acceptors (Lipinski definition) is 4. The van der Waals surface area contributed by atoms with Crippen molar-refractivity contribution in [2.75, 3.05) is 0 Å². The predicted octanol–water partition coefficient (Wildman–Crippen LogP) is 5.38. The van der Waals surface area contributed by atoms with Gasteiger partial charge in [0.25, 0.3) is 0 Å². The van der Waals surface area contributed by atoms with Crippen LogP contribution < -0.4 is 0 Å². The Hall–Kier alpha value is -2.36. The van der Waals surface area contributed by atoms with E-state index in [0.29, 0.717) is 11.4 Å². The lowest BCUT2D eigenvalue weighted by Crippen LogP contribution is -1.88. The second-order valence-electron chi connectivity index (χ2n) is 5.10. The fourth-order valence-electron chi connectivity index (χ4n) is 2.53. The monoisotopic (exact) mass is 268 g/mol. The zero-order valence-electron chi connectivity index (χ0n) is 12.0. The molecule has 0 spiro atoms. The molecule has 0 N–H and O–H groups in total. The summed E-state index contributed by atoms with van der Waals surface area (Å²) in [6, 6.07) is 7.75. The van der Waals surface area contributed by atoms with Gasteiger partial charge in [-0.1, -0.05) is 0 Å². The minimum atomic E-state index is 0.494. The van der Waals surface area contributed by atoms with Crippen LogP contribution in [-0.4, -0.2) is 0 Å². The van der Waals surface area contributed by atoms with E-state index in [-0.39, 0.29) is 0 Å². The molecule has 102 valence electrons. The van der Waals surface area contributed by atoms with E-state index < -0.39 is 0 Å². The van der Waals surface area contributed by atoms with Crippen molar-refractivity contribution in [3.8, 4) is 11.1 Å². The Morgan fingerprint density at radius 1 is 0.600 bits per heavy atom. The molecule has 0 aliphatic heterocycles. The molecule has 20 heavy (non-hydrogen) atoms. The fraction of sp³-hybridized carbons (Fsp3) is 0.250. The number of rotatable bonds is 3. The third-order valence-electron chi connectivity index (χ3n) is 3.50. The first-order valence-electron chi connectivity index (χ1n) is 6.37. The SMILES string of the molecule is Cc1cc(-c2cc(C)c(N=O)c(C)c2)cc(C)c1N=O. The van der Waals surface area contributed by atoms with Gasteiger partial charge in [0.05, 0.1) is 0 Å². The minimum absolute atomic E-state index is 0.494. The van der Waals surface area contributed by atoms with Crippen LogP contribution in [0.25, 0.3) is 11.1 Å². The molecular formula is C16H16N2O2. The quantitative estimate of drug-likeness (QED) is 0.701. The molecule has 0 saturated carbocycles. The molecule has 0 heterocycles. The van der Waals surface area contributed by atoms with E-state index in [9.17, 15) is 9.81 Å². The van der Waals surface area contributed by atoms with E-state index in [1.54, 1.807) is 0 Å². The first-order chi connectivity index (χ1) is 9.47. The van der Waals surface area contributed by atoms with E-state index in [1.165, 1.54) is 0 Å². The summed E-state index contributed by atoms with van der Waals surface area (Å²) in [4.78, 5) is 21.6. The molecule has 0 saturated heterocycles. The van der Waals surface area contributed by atoms with Gasteiger partial charge in [0.2, 0.25) is 0 Å². The summed E-state index contributed by atoms with van der Waals surface area (Å²) in [5.74, 6) is 0. The molecule has 0 aromatic heterocycles. The summed E-state index contributed by atoms with van der Waals surface area (Å²) < 4.78 is 0. The molecular weight excluding hydrogens is 252 g/mol. The highest BCUT2D eigenvalue weighted by Gasteiger charge is 2.10. The summed E-state index contributed by atoms with van der Waals surface area (Å²) in [6.45, 7) is 7.48. The van der Waals surface area contributed by atoms with Gasteiger partial charge in [0.1, 0.15) is 11.4 Å². The highest BCUT2D eigenvalue weighted by Crippen LogP contribution is 2.34. The number of hydrogen-bond donors (Lipinski definition) is 0. The van der Waals surface area contributed by atoms with E-state index in [0.717, 1.165) is 33.4 Å². The maximum atomic E-state index is 10.8. The van der Waals surface area contributed by atoms with E-state index in [1.807, 2.05) is 52.0 Å². The fourth-order valence-corrected chi connectivity index (χ4v) is 2.53. The summed E-state index contributed by atoms with van der Waals surface area (Å²) in [7, 11) is 0. The molecule has 2 aromatic carbocycles. The Morgan fingerprint density at radius 3 is 1.05 bits per heavy atom. The summed E-state index contributed by atoms with van der Waals surface area (Å²) in [5.41, 5.74) is 6.41. The Labute approximate surface area is 117 Å². The molecule has 0 bridgehead atoms. The summed E-state index contributed by atoms with van der Waals surface area (Å²) in [6.07, 6.45) is 0. The van der Waals surface area contributed by atoms with Gasteiger partial charge in [0, 0.05) is 0 Å². The Morgan fingerprint density at radius 2 is 0.850 bits per heavy atom. The maximum absolute atomic E-state index is 10.8. The summed E-state index contributed by atoms with van der Waals surface area (Å²) >= 11 is 0. The van der Waals surface area contributed by atoms with Crippen molar-refractivity contribution >= 4 is 11.4 Å². The normalized spacial score (nSPS) is 10.4. The first kappa shape index (κ1) is 14.1. The van der Waals surface area contributed by atoms with E-state index in [4.69, 9.17) is 0 Å². The van der Waals surface area contributed by atoms with Crippen LogP contribution in [0, 0.1) is 37.5 Å². The Balaban J connectivity index is 2.63. The molecule has 0 aliphatic carbocycles. The van der Waals surface area contributed by atoms with Crippen LogP contribution in [0.4, 0.5) is 11.4 Å². The number of benzene rings is 2. The lowest BCUT2D eigenvalue weighted by Gasteiger charge is -2.10. The minimum Gasteiger partial charge on any atom is -0.145 e. The van der Waals surface area contributed by atoms with Crippen molar-refractivity contribution in [2.45, 2.75) is 27.7 Å². The third kappa shape index (κ3) is 2.37. The second kappa shape index (κ2) is 5.33. The van der Waals surface area contributed by atoms with Gasteiger partial charge in [-0.3, -0.25) is 0 Å². The van der Waals surface area contributed by atoms with E-state index in [2.05, 4.69) is 10.4 Å². The Bertz CT molecular complexity index is 598. The van der Waals surface area contributed by atoms with Gasteiger partial charge < -0.3 is 0 Å². The first-order valence-corrected chi connectivity index (χ1v) is 6.37. The van der Waals surface area contributed by atoms with Crippen molar-refractivity contribution in [3.05, 3.63) is 56.3 Å². The predicted molar refractivity (Wildman–Crippen MR) is 81.7 cm³/mol. The van der Waals surface area contributed by atoms with Gasteiger partial charge in [0.15, 0.2) is 0 Å². The molecule has 2 aromatic rings. The van der Waals surface area contributed by atoms with Crippen molar-refractivity contribution in [3.63, 3.8) is 0 Å². The van der Waals surface area contributed by atoms with Gasteiger partial charge in [-0.15, -0.1) is 9.81 Å². The van der Waals surface area contributed by atoms with Crippen LogP contribution in [0.2, 0.25) is 0 Å². The van der Waals surface area contributed by atoms with Crippen LogP contribution >= 0.6 is 0 Å². The van der Waals surface area contributed by atoms with Crippen LogP contribution in [0.1, 0.15) is 22.3 Å². The molecule has 0 fully saturated rings. The molecule has 0 unspecified atom stereocenters. The zero-order valence-corrected chi connectivity index (χ0v) is 12.0. The van der Waals surface area contributed by atoms with Gasteiger partial charge in [-0.25, -0.2) is 0 Å². The molecule has 4 nitrogen and oxygen atoms in total. The van der Waals surface area contributed by atoms with Gasteiger partial charge >= 0.3 is 0 Å². The Kier molecular flexibility index (Phi) is 3.74. The van der Waals surface area contributed by atoms with Crippen molar-refractivity contribution in [1.82, 2.24) is 0 Å². The van der Waals surface area contributed by atoms with E-state index >= 15 is 0 Å². The number of nitrogens with zero attached hydrogens (tertiary/aromatic N) is 2. The molecule has 0 atom stereocenters. The third-order valence-corrected chi connectivity index (χ3v) is 3.50. The highest BCUT2D eigenvalue weighted by atomic mass is 16.3. The van der Waals surface area contributed by atoms with Crippen LogP contribution in [0.3, 0.4) is 0 Å². The zero-order chi connectivity index (χ0) is 14.9. The molecule has 0 radical (unpaired) electrons. The summed E-state index contributed by atoms with van der Waals surface area (Å²) in [5, 5.41) is 6.12. The molecule has 4 heteroatoms. The van der Waals surface area contributed by atoms with Crippen LogP contribution in [-0.2, 0) is 0 Å². The number of aryl methyl sites for hydroxylation is 4. The van der Waals surface area contributed by atoms with Crippen LogP contribution in [0.5, 0.6) is 0 Å². The highest BCUT2D eigenvalue weighted by molar-refractivity contribution is 5.73. The lowest BCUT2D eigenvalue weighted by atomic mass is 9.95. The number of nitroso groups, excluding NO2 is 2. The lowest BCUT2D eigenvalue weighted by molar-refractivity contribution is 1.30. The molecule has 0 amide bonds. The second-order valence-corrected chi connectivity index (χ2v) is 5.10. The van der Waals surface area contributed by atoms with Crippen LogP contribution in [0.15, 0.2) is 34.6 Å². The molecule has 2 rings (SSSR count). The average Bonchev–Trinajstić information content (AvgIpc) is 2.37. The largest absolute Gasteiger partial charge is 0.145 e. The maximum Gasteiger partial charge on any atom is 0.113 e. The molecule has 0 aliphatic rings. The van der Waals surface area contributed by atoms with Crippen molar-refractivity contribution < 1.29 is 0 Å². The standard InChI is InChI=1S/C16H16N2O2/c1-9-5-13(6-10(2)15(9)17-19)14-7-11(3)16(18-20)12(4)8-14/h5-8H,1-4H3.